The zero-order chi connectivity index (χ0) is 15.9. The average Bonchev–Trinajstić information content (AvgIpc) is 2.66. The van der Waals surface area contributed by atoms with Gasteiger partial charge < -0.3 is 4.90 Å². The number of nitrogens with two attached hydrogens (primary N) is 1. The molecule has 1 saturated heterocycles. The van der Waals surface area contributed by atoms with Gasteiger partial charge in [0.1, 0.15) is 0 Å². The summed E-state index contributed by atoms with van der Waals surface area (Å²) >= 11 is 9.20. The number of halogens is 2. The number of sulfonamides is 1. The van der Waals surface area contributed by atoms with Crippen molar-refractivity contribution in [2.75, 3.05) is 6.54 Å². The normalized spacial score (nSPS) is 22.6. The van der Waals surface area contributed by atoms with Gasteiger partial charge in [0, 0.05) is 17.1 Å². The maximum Gasteiger partial charge on any atom is 0.255 e. The van der Waals surface area contributed by atoms with Crippen LogP contribution in [0.3, 0.4) is 0 Å². The molecule has 21 heavy (non-hydrogen) atoms. The Labute approximate surface area is 137 Å². The molecule has 0 aromatic heterocycles. The third kappa shape index (κ3) is 3.41. The highest BCUT2D eigenvalue weighted by Gasteiger charge is 2.32. The number of primary sulfonamides is 1. The lowest BCUT2D eigenvalue weighted by molar-refractivity contribution is 0.0743. The largest absolute Gasteiger partial charge is 0.336 e. The quantitative estimate of drug-likeness (QED) is 0.836. The summed E-state index contributed by atoms with van der Waals surface area (Å²) in [5.74, 6) is 0.144. The van der Waals surface area contributed by atoms with Crippen molar-refractivity contribution in [1.29, 1.82) is 0 Å². The monoisotopic (exact) mass is 394 g/mol. The van der Waals surface area contributed by atoms with Gasteiger partial charge in [-0.3, -0.25) is 4.79 Å². The van der Waals surface area contributed by atoms with Crippen molar-refractivity contribution in [3.8, 4) is 0 Å². The Morgan fingerprint density at radius 3 is 2.52 bits per heavy atom. The SMILES string of the molecule is CC1CC(C)N(C(=O)c2cc(S(N)(=O)=O)c(Br)cc2Cl)C1. The molecule has 5 nitrogen and oxygen atoms in total. The molecule has 0 radical (unpaired) electrons. The van der Waals surface area contributed by atoms with Gasteiger partial charge in [-0.15, -0.1) is 0 Å². The summed E-state index contributed by atoms with van der Waals surface area (Å²) in [6.45, 7) is 4.68. The van der Waals surface area contributed by atoms with Crippen molar-refractivity contribution in [3.63, 3.8) is 0 Å². The van der Waals surface area contributed by atoms with Gasteiger partial charge in [0.15, 0.2) is 0 Å². The fraction of sp³-hybridized carbons (Fsp3) is 0.462. The van der Waals surface area contributed by atoms with E-state index in [4.69, 9.17) is 16.7 Å². The van der Waals surface area contributed by atoms with Crippen molar-refractivity contribution >= 4 is 43.5 Å². The second-order valence-corrected chi connectivity index (χ2v) is 8.25. The van der Waals surface area contributed by atoms with Crippen LogP contribution in [0.4, 0.5) is 0 Å². The summed E-state index contributed by atoms with van der Waals surface area (Å²) < 4.78 is 23.4. The molecule has 1 amide bonds. The predicted molar refractivity (Wildman–Crippen MR) is 84.8 cm³/mol. The van der Waals surface area contributed by atoms with Crippen LogP contribution in [0.25, 0.3) is 0 Å². The third-order valence-electron chi connectivity index (χ3n) is 3.60. The molecule has 2 rings (SSSR count). The van der Waals surface area contributed by atoms with Gasteiger partial charge in [-0.25, -0.2) is 13.6 Å². The molecule has 0 aliphatic carbocycles. The van der Waals surface area contributed by atoms with Crippen molar-refractivity contribution in [3.05, 3.63) is 27.2 Å². The summed E-state index contributed by atoms with van der Waals surface area (Å²) in [6, 6.07) is 2.73. The summed E-state index contributed by atoms with van der Waals surface area (Å²) in [7, 11) is -3.93. The lowest BCUT2D eigenvalue weighted by Gasteiger charge is -2.22. The van der Waals surface area contributed by atoms with E-state index in [9.17, 15) is 13.2 Å². The fourth-order valence-corrected chi connectivity index (χ4v) is 4.66. The Morgan fingerprint density at radius 2 is 2.05 bits per heavy atom. The van der Waals surface area contributed by atoms with Crippen LogP contribution in [-0.4, -0.2) is 31.8 Å². The lowest BCUT2D eigenvalue weighted by Crippen LogP contribution is -2.34. The molecule has 2 atom stereocenters. The molecule has 1 aliphatic heterocycles. The molecular weight excluding hydrogens is 380 g/mol. The van der Waals surface area contributed by atoms with Gasteiger partial charge in [0.25, 0.3) is 5.91 Å². The molecule has 2 N–H and O–H groups in total. The second kappa shape index (κ2) is 5.87. The Hall–Kier alpha value is -0.630. The van der Waals surface area contributed by atoms with Gasteiger partial charge in [-0.1, -0.05) is 18.5 Å². The second-order valence-electron chi connectivity index (χ2n) is 5.45. The van der Waals surface area contributed by atoms with Crippen LogP contribution < -0.4 is 5.14 Å². The highest BCUT2D eigenvalue weighted by molar-refractivity contribution is 9.10. The maximum atomic E-state index is 12.6. The topological polar surface area (TPSA) is 80.5 Å². The molecule has 0 saturated carbocycles. The third-order valence-corrected chi connectivity index (χ3v) is 5.79. The van der Waals surface area contributed by atoms with Crippen LogP contribution in [0, 0.1) is 5.92 Å². The molecule has 0 bridgehead atoms. The van der Waals surface area contributed by atoms with Gasteiger partial charge in [-0.2, -0.15) is 0 Å². The standard InChI is InChI=1S/C13H16BrClN2O3S/c1-7-3-8(2)17(6-7)13(18)9-4-12(21(16,19)20)10(14)5-11(9)15/h4-5,7-8H,3,6H2,1-2H3,(H2,16,19,20). The molecule has 1 heterocycles. The van der Waals surface area contributed by atoms with Gasteiger partial charge >= 0.3 is 0 Å². The van der Waals surface area contributed by atoms with Crippen molar-refractivity contribution in [2.45, 2.75) is 31.2 Å². The van der Waals surface area contributed by atoms with Crippen LogP contribution in [0.1, 0.15) is 30.6 Å². The number of carbonyl (C=O) groups excluding carboxylic acids is 1. The minimum absolute atomic E-state index is 0.102. The van der Waals surface area contributed by atoms with Crippen LogP contribution in [0.2, 0.25) is 5.02 Å². The minimum atomic E-state index is -3.93. The maximum absolute atomic E-state index is 12.6. The molecule has 1 aromatic carbocycles. The number of hydrogen-bond acceptors (Lipinski definition) is 3. The van der Waals surface area contributed by atoms with E-state index in [2.05, 4.69) is 22.9 Å². The van der Waals surface area contributed by atoms with E-state index in [1.54, 1.807) is 4.90 Å². The minimum Gasteiger partial charge on any atom is -0.336 e. The van der Waals surface area contributed by atoms with Gasteiger partial charge in [0.05, 0.1) is 15.5 Å². The smallest absolute Gasteiger partial charge is 0.255 e. The van der Waals surface area contributed by atoms with Crippen LogP contribution >= 0.6 is 27.5 Å². The van der Waals surface area contributed by atoms with Crippen molar-refractivity contribution in [1.82, 2.24) is 4.90 Å². The first-order chi connectivity index (χ1) is 9.61. The summed E-state index contributed by atoms with van der Waals surface area (Å²) in [4.78, 5) is 14.2. The number of nitrogens with zero attached hydrogens (tertiary/aromatic N) is 1. The van der Waals surface area contributed by atoms with E-state index in [0.717, 1.165) is 6.42 Å². The van der Waals surface area contributed by atoms with E-state index in [1.165, 1.54) is 12.1 Å². The number of amides is 1. The van der Waals surface area contributed by atoms with E-state index in [1.807, 2.05) is 6.92 Å². The highest BCUT2D eigenvalue weighted by Crippen LogP contribution is 2.31. The zero-order valence-corrected chi connectivity index (χ0v) is 14.8. The summed E-state index contributed by atoms with van der Waals surface area (Å²) in [6.07, 6.45) is 0.919. The number of rotatable bonds is 2. The molecule has 1 fully saturated rings. The molecule has 2 unspecified atom stereocenters. The van der Waals surface area contributed by atoms with Crippen molar-refractivity contribution in [2.24, 2.45) is 11.1 Å². The summed E-state index contributed by atoms with van der Waals surface area (Å²) in [5, 5.41) is 5.35. The van der Waals surface area contributed by atoms with Gasteiger partial charge in [-0.05, 0) is 47.3 Å². The molecule has 0 spiro atoms. The van der Waals surface area contributed by atoms with Crippen LogP contribution in [-0.2, 0) is 10.0 Å². The van der Waals surface area contributed by atoms with E-state index in [0.29, 0.717) is 12.5 Å². The van der Waals surface area contributed by atoms with E-state index >= 15 is 0 Å². The molecule has 1 aliphatic rings. The predicted octanol–water partition coefficient (Wildman–Crippen LogP) is 2.62. The zero-order valence-electron chi connectivity index (χ0n) is 11.6. The van der Waals surface area contributed by atoms with E-state index < -0.39 is 10.0 Å². The molecule has 116 valence electrons. The van der Waals surface area contributed by atoms with Crippen molar-refractivity contribution < 1.29 is 13.2 Å². The first kappa shape index (κ1) is 16.7. The van der Waals surface area contributed by atoms with Gasteiger partial charge in [0.2, 0.25) is 10.0 Å². The average molecular weight is 396 g/mol. The first-order valence-corrected chi connectivity index (χ1v) is 9.15. The van der Waals surface area contributed by atoms with E-state index in [-0.39, 0.29) is 31.9 Å². The lowest BCUT2D eigenvalue weighted by atomic mass is 10.1. The Morgan fingerprint density at radius 1 is 1.43 bits per heavy atom. The fourth-order valence-electron chi connectivity index (χ4n) is 2.65. The number of carbonyl (C=O) groups is 1. The molecular formula is C13H16BrClN2O3S. The first-order valence-electron chi connectivity index (χ1n) is 6.44. The number of hydrogen-bond donors (Lipinski definition) is 1. The molecule has 8 heteroatoms. The summed E-state index contributed by atoms with van der Waals surface area (Å²) in [5.41, 5.74) is 0.157. The van der Waals surface area contributed by atoms with Crippen LogP contribution in [0.5, 0.6) is 0 Å². The molecule has 1 aromatic rings. The number of benzene rings is 1. The Kier molecular flexibility index (Phi) is 4.68. The Balaban J connectivity index is 2.47. The number of likely N-dealkylation sites (tertiary alicyclic amines) is 1. The highest BCUT2D eigenvalue weighted by atomic mass is 79.9. The van der Waals surface area contributed by atoms with Crippen LogP contribution in [0.15, 0.2) is 21.5 Å². The Bertz CT molecular complexity index is 693.